The lowest BCUT2D eigenvalue weighted by Gasteiger charge is -2.37. The van der Waals surface area contributed by atoms with E-state index in [1.165, 1.54) is 0 Å². The van der Waals surface area contributed by atoms with Gasteiger partial charge in [-0.25, -0.2) is 9.50 Å². The lowest BCUT2D eigenvalue weighted by molar-refractivity contribution is -0.0592. The van der Waals surface area contributed by atoms with E-state index in [1.54, 1.807) is 4.52 Å². The van der Waals surface area contributed by atoms with E-state index in [0.29, 0.717) is 19.8 Å². The number of aromatic nitrogens is 3. The largest absolute Gasteiger partial charge is 0.379 e. The molecule has 2 aromatic heterocycles. The maximum absolute atomic E-state index is 5.75. The minimum atomic E-state index is -0.161. The SMILES string of the molecule is NCC1(c2nc3ccccn3n2)COC1. The highest BCUT2D eigenvalue weighted by molar-refractivity contribution is 5.38. The van der Waals surface area contributed by atoms with E-state index in [9.17, 15) is 0 Å². The van der Waals surface area contributed by atoms with Gasteiger partial charge in [0.1, 0.15) is 0 Å². The maximum atomic E-state index is 5.75. The Morgan fingerprint density at radius 3 is 2.93 bits per heavy atom. The predicted molar refractivity (Wildman–Crippen MR) is 54.5 cm³/mol. The van der Waals surface area contributed by atoms with Crippen LogP contribution in [-0.4, -0.2) is 34.4 Å². The molecule has 1 fully saturated rings. The van der Waals surface area contributed by atoms with Crippen LogP contribution >= 0.6 is 0 Å². The second-order valence-electron chi connectivity index (χ2n) is 3.92. The minimum Gasteiger partial charge on any atom is -0.379 e. The summed E-state index contributed by atoms with van der Waals surface area (Å²) < 4.78 is 6.98. The van der Waals surface area contributed by atoms with Crippen molar-refractivity contribution in [1.29, 1.82) is 0 Å². The molecule has 0 aromatic carbocycles. The highest BCUT2D eigenvalue weighted by Gasteiger charge is 2.42. The first-order valence-corrected chi connectivity index (χ1v) is 4.94. The molecule has 2 aromatic rings. The number of hydrogen-bond acceptors (Lipinski definition) is 4. The van der Waals surface area contributed by atoms with Crippen LogP contribution in [0.4, 0.5) is 0 Å². The van der Waals surface area contributed by atoms with Crippen LogP contribution in [0.25, 0.3) is 5.65 Å². The summed E-state index contributed by atoms with van der Waals surface area (Å²) >= 11 is 0. The highest BCUT2D eigenvalue weighted by atomic mass is 16.5. The van der Waals surface area contributed by atoms with Crippen molar-refractivity contribution in [3.63, 3.8) is 0 Å². The fraction of sp³-hybridized carbons (Fsp3) is 0.400. The topological polar surface area (TPSA) is 65.4 Å². The maximum Gasteiger partial charge on any atom is 0.163 e. The Morgan fingerprint density at radius 2 is 2.33 bits per heavy atom. The normalized spacial score (nSPS) is 19.0. The molecule has 0 bridgehead atoms. The van der Waals surface area contributed by atoms with Crippen LogP contribution in [-0.2, 0) is 10.2 Å². The molecular weight excluding hydrogens is 192 g/mol. The molecule has 0 radical (unpaired) electrons. The van der Waals surface area contributed by atoms with Crippen molar-refractivity contribution >= 4 is 5.65 Å². The van der Waals surface area contributed by atoms with Gasteiger partial charge in [0.2, 0.25) is 0 Å². The van der Waals surface area contributed by atoms with Gasteiger partial charge in [0.15, 0.2) is 11.5 Å². The van der Waals surface area contributed by atoms with Crippen molar-refractivity contribution in [2.45, 2.75) is 5.41 Å². The van der Waals surface area contributed by atoms with Crippen molar-refractivity contribution in [3.8, 4) is 0 Å². The van der Waals surface area contributed by atoms with Crippen molar-refractivity contribution < 1.29 is 4.74 Å². The van der Waals surface area contributed by atoms with Crippen molar-refractivity contribution in [3.05, 3.63) is 30.2 Å². The first-order chi connectivity index (χ1) is 7.34. The Morgan fingerprint density at radius 1 is 1.47 bits per heavy atom. The zero-order chi connectivity index (χ0) is 10.3. The van der Waals surface area contributed by atoms with E-state index in [-0.39, 0.29) is 5.41 Å². The van der Waals surface area contributed by atoms with Crippen LogP contribution in [0.2, 0.25) is 0 Å². The molecule has 0 amide bonds. The summed E-state index contributed by atoms with van der Waals surface area (Å²) in [5.74, 6) is 0.794. The molecular formula is C10H12N4O. The average molecular weight is 204 g/mol. The van der Waals surface area contributed by atoms with Gasteiger partial charge in [0.05, 0.1) is 18.6 Å². The number of rotatable bonds is 2. The minimum absolute atomic E-state index is 0.161. The molecule has 1 aliphatic rings. The predicted octanol–water partition coefficient (Wildman–Crippen LogP) is -0.0440. The second-order valence-corrected chi connectivity index (χ2v) is 3.92. The van der Waals surface area contributed by atoms with Crippen LogP contribution in [0, 0.1) is 0 Å². The molecule has 5 heteroatoms. The van der Waals surface area contributed by atoms with Gasteiger partial charge in [-0.05, 0) is 12.1 Å². The monoisotopic (exact) mass is 204 g/mol. The van der Waals surface area contributed by atoms with E-state index < -0.39 is 0 Å². The lowest BCUT2D eigenvalue weighted by Crippen LogP contribution is -2.53. The van der Waals surface area contributed by atoms with Gasteiger partial charge < -0.3 is 10.5 Å². The molecule has 78 valence electrons. The van der Waals surface area contributed by atoms with Gasteiger partial charge in [0.25, 0.3) is 0 Å². The smallest absolute Gasteiger partial charge is 0.163 e. The summed E-state index contributed by atoms with van der Waals surface area (Å²) in [5, 5.41) is 4.42. The van der Waals surface area contributed by atoms with Crippen LogP contribution in [0.5, 0.6) is 0 Å². The summed E-state index contributed by atoms with van der Waals surface area (Å²) in [4.78, 5) is 4.47. The number of pyridine rings is 1. The molecule has 3 rings (SSSR count). The third kappa shape index (κ3) is 1.17. The van der Waals surface area contributed by atoms with Crippen molar-refractivity contribution in [2.75, 3.05) is 19.8 Å². The molecule has 3 heterocycles. The molecule has 0 atom stereocenters. The summed E-state index contributed by atoms with van der Waals surface area (Å²) in [6, 6.07) is 5.80. The van der Waals surface area contributed by atoms with Crippen LogP contribution in [0.1, 0.15) is 5.82 Å². The number of nitrogens with two attached hydrogens (primary N) is 1. The Hall–Kier alpha value is -1.46. The van der Waals surface area contributed by atoms with E-state index in [0.717, 1.165) is 11.5 Å². The molecule has 15 heavy (non-hydrogen) atoms. The Labute approximate surface area is 86.9 Å². The molecule has 5 nitrogen and oxygen atoms in total. The third-order valence-electron chi connectivity index (χ3n) is 2.86. The molecule has 0 spiro atoms. The highest BCUT2D eigenvalue weighted by Crippen LogP contribution is 2.28. The summed E-state index contributed by atoms with van der Waals surface area (Å²) in [5.41, 5.74) is 6.45. The van der Waals surface area contributed by atoms with Crippen LogP contribution in [0.15, 0.2) is 24.4 Å². The molecule has 0 aliphatic carbocycles. The Balaban J connectivity index is 2.11. The van der Waals surface area contributed by atoms with Gasteiger partial charge >= 0.3 is 0 Å². The number of hydrogen-bond donors (Lipinski definition) is 1. The van der Waals surface area contributed by atoms with Gasteiger partial charge in [-0.2, -0.15) is 5.10 Å². The molecule has 2 N–H and O–H groups in total. The zero-order valence-electron chi connectivity index (χ0n) is 8.26. The van der Waals surface area contributed by atoms with Crippen LogP contribution < -0.4 is 5.73 Å². The Kier molecular flexibility index (Phi) is 1.77. The van der Waals surface area contributed by atoms with E-state index in [1.807, 2.05) is 24.4 Å². The molecule has 1 aliphatic heterocycles. The zero-order valence-corrected chi connectivity index (χ0v) is 8.26. The first kappa shape index (κ1) is 8.82. The summed E-state index contributed by atoms with van der Waals surface area (Å²) in [6.45, 7) is 1.78. The van der Waals surface area contributed by atoms with Gasteiger partial charge in [0, 0.05) is 12.7 Å². The fourth-order valence-corrected chi connectivity index (χ4v) is 1.74. The Bertz CT molecular complexity index is 450. The van der Waals surface area contributed by atoms with Gasteiger partial charge in [-0.3, -0.25) is 0 Å². The van der Waals surface area contributed by atoms with E-state index in [4.69, 9.17) is 10.5 Å². The van der Waals surface area contributed by atoms with Crippen molar-refractivity contribution in [1.82, 2.24) is 14.6 Å². The van der Waals surface area contributed by atoms with E-state index in [2.05, 4.69) is 10.1 Å². The van der Waals surface area contributed by atoms with Crippen LogP contribution in [0.3, 0.4) is 0 Å². The third-order valence-corrected chi connectivity index (χ3v) is 2.86. The lowest BCUT2D eigenvalue weighted by atomic mass is 9.85. The van der Waals surface area contributed by atoms with E-state index >= 15 is 0 Å². The molecule has 0 saturated carbocycles. The number of ether oxygens (including phenoxy) is 1. The van der Waals surface area contributed by atoms with Gasteiger partial charge in [-0.15, -0.1) is 0 Å². The number of fused-ring (bicyclic) bond motifs is 1. The first-order valence-electron chi connectivity index (χ1n) is 4.94. The van der Waals surface area contributed by atoms with Gasteiger partial charge in [-0.1, -0.05) is 6.07 Å². The average Bonchev–Trinajstić information content (AvgIpc) is 2.60. The fourth-order valence-electron chi connectivity index (χ4n) is 1.74. The summed E-state index contributed by atoms with van der Waals surface area (Å²) in [7, 11) is 0. The van der Waals surface area contributed by atoms with Crippen molar-refractivity contribution in [2.24, 2.45) is 5.73 Å². The quantitative estimate of drug-likeness (QED) is 0.745. The summed E-state index contributed by atoms with van der Waals surface area (Å²) in [6.07, 6.45) is 1.88. The molecule has 1 saturated heterocycles. The number of nitrogens with zero attached hydrogens (tertiary/aromatic N) is 3. The standard InChI is InChI=1S/C10H12N4O/c11-5-10(6-15-7-10)9-12-8-3-1-2-4-14(8)13-9/h1-4H,5-7,11H2. The molecule has 0 unspecified atom stereocenters. The second kappa shape index (κ2) is 3.01.